The van der Waals surface area contributed by atoms with E-state index in [-0.39, 0.29) is 44.2 Å². The van der Waals surface area contributed by atoms with Crippen LogP contribution in [0.25, 0.3) is 10.8 Å². The smallest absolute Gasteiger partial charge is 0.409 e. The number of allylic oxidation sites excluding steroid dienone is 1. The molecule has 296 valence electrons. The monoisotopic (exact) mass is 754 g/mol. The van der Waals surface area contributed by atoms with Gasteiger partial charge in [-0.15, -0.1) is 6.58 Å². The van der Waals surface area contributed by atoms with Gasteiger partial charge in [-0.3, -0.25) is 0 Å². The molecule has 6 rings (SSSR count). The van der Waals surface area contributed by atoms with E-state index in [1.165, 1.54) is 0 Å². The first-order valence-electron chi connectivity index (χ1n) is 19.9. The molecule has 1 fully saturated rings. The van der Waals surface area contributed by atoms with Crippen LogP contribution in [-0.4, -0.2) is 77.8 Å². The van der Waals surface area contributed by atoms with E-state index < -0.39 is 29.4 Å². The van der Waals surface area contributed by atoms with Crippen molar-refractivity contribution in [2.45, 2.75) is 96.0 Å². The van der Waals surface area contributed by atoms with Crippen molar-refractivity contribution >= 4 is 22.6 Å². The highest BCUT2D eigenvalue weighted by atomic mass is 16.7. The zero-order valence-corrected chi connectivity index (χ0v) is 33.0. The number of aliphatic hydroxyl groups excluding tert-OH is 2. The Bertz CT molecular complexity index is 1870. The third-order valence-electron chi connectivity index (χ3n) is 11.1. The number of aliphatic hydroxyl groups is 2. The molecule has 0 saturated heterocycles. The summed E-state index contributed by atoms with van der Waals surface area (Å²) in [5.41, 5.74) is 2.14. The maximum atomic E-state index is 13.6. The largest absolute Gasteiger partial charge is 0.459 e. The molecule has 3 aliphatic rings. The van der Waals surface area contributed by atoms with E-state index in [1.54, 1.807) is 24.9 Å². The quantitative estimate of drug-likeness (QED) is 0.0845. The molecule has 0 radical (unpaired) electrons. The first-order chi connectivity index (χ1) is 26.5. The summed E-state index contributed by atoms with van der Waals surface area (Å²) >= 11 is 0. The van der Waals surface area contributed by atoms with E-state index in [0.29, 0.717) is 30.8 Å². The van der Waals surface area contributed by atoms with Crippen LogP contribution in [0.15, 0.2) is 90.1 Å². The summed E-state index contributed by atoms with van der Waals surface area (Å²) in [6.45, 7) is 12.3. The average molecular weight is 755 g/mol. The van der Waals surface area contributed by atoms with Gasteiger partial charge in [0.15, 0.2) is 0 Å². The summed E-state index contributed by atoms with van der Waals surface area (Å²) < 4.78 is 26.3. The van der Waals surface area contributed by atoms with Gasteiger partial charge < -0.3 is 38.9 Å². The Morgan fingerprint density at radius 3 is 2.42 bits per heavy atom. The fraction of sp³-hybridized carbons (Fsp3) is 0.511. The Kier molecular flexibility index (Phi) is 12.9. The predicted octanol–water partition coefficient (Wildman–Crippen LogP) is 9.15. The Morgan fingerprint density at radius 1 is 1.00 bits per heavy atom. The van der Waals surface area contributed by atoms with Gasteiger partial charge in [0.2, 0.25) is 5.79 Å². The maximum absolute atomic E-state index is 13.6. The van der Waals surface area contributed by atoms with E-state index in [0.717, 1.165) is 59.1 Å². The van der Waals surface area contributed by atoms with Gasteiger partial charge in [0.1, 0.15) is 28.9 Å². The summed E-state index contributed by atoms with van der Waals surface area (Å²) in [5, 5.41) is 26.8. The number of fused-ring (bicyclic) bond motifs is 3. The molecule has 10 nitrogen and oxygen atoms in total. The molecular weight excluding hydrogens is 697 g/mol. The lowest BCUT2D eigenvalue weighted by Gasteiger charge is -2.59. The van der Waals surface area contributed by atoms with Crippen LogP contribution in [0.5, 0.6) is 17.2 Å². The molecular formula is C45H58N2O8. The number of carbonyl (C=O) groups is 1. The summed E-state index contributed by atoms with van der Waals surface area (Å²) in [6, 6.07) is 19.6. The second-order valence-corrected chi connectivity index (χ2v) is 15.9. The molecule has 10 heteroatoms. The number of rotatable bonds is 16. The molecule has 0 unspecified atom stereocenters. The molecule has 2 aliphatic carbocycles. The molecule has 1 saturated carbocycles. The lowest BCUT2D eigenvalue weighted by molar-refractivity contribution is -0.253. The van der Waals surface area contributed by atoms with Crippen molar-refractivity contribution in [1.29, 1.82) is 0 Å². The third kappa shape index (κ3) is 8.72. The van der Waals surface area contributed by atoms with Crippen LogP contribution in [0.1, 0.15) is 84.1 Å². The number of unbranched alkanes of at least 4 members (excludes halogenated alkanes) is 2. The Hall–Kier alpha value is -4.38. The number of hydrogen-bond donors (Lipinski definition) is 2. The standard InChI is InChI=1S/C45H58N2O8/c1-7-25-52-45-40(47(6)43(50)51-8-2)29-38(46-55-44(3,4)5)36-27-32(17-11-13-23-48)35(18-12-14-24-49)41(42(36)45)37-28-34(21-22-39(37)54-45)53-33-20-19-30-15-9-10-16-31(30)26-33/h7,9-10,15-16,19-22,26-28,32,35,40-42,48-49H,1,8,11-14,17-18,23-25,29H2,2-6H3/t32-,35+,40-,41+,42+,45+/m0/s1. The molecule has 6 atom stereocenters. The van der Waals surface area contributed by atoms with E-state index >= 15 is 0 Å². The first kappa shape index (κ1) is 40.3. The topological polar surface area (TPSA) is 119 Å². The van der Waals surface area contributed by atoms with E-state index in [9.17, 15) is 15.0 Å². The Labute approximate surface area is 325 Å². The van der Waals surface area contributed by atoms with Gasteiger partial charge in [-0.2, -0.15) is 0 Å². The van der Waals surface area contributed by atoms with Gasteiger partial charge in [0.25, 0.3) is 0 Å². The van der Waals surface area contributed by atoms with Crippen molar-refractivity contribution in [3.63, 3.8) is 0 Å². The molecule has 55 heavy (non-hydrogen) atoms. The number of carbonyl (C=O) groups excluding carboxylic acids is 1. The highest BCUT2D eigenvalue weighted by molar-refractivity contribution is 6.03. The molecule has 1 amide bonds. The Balaban J connectivity index is 1.56. The van der Waals surface area contributed by atoms with Gasteiger partial charge >= 0.3 is 6.09 Å². The lowest BCUT2D eigenvalue weighted by Crippen LogP contribution is -2.69. The van der Waals surface area contributed by atoms with Gasteiger partial charge in [0, 0.05) is 38.2 Å². The van der Waals surface area contributed by atoms with Crippen LogP contribution in [0, 0.1) is 17.8 Å². The van der Waals surface area contributed by atoms with Crippen LogP contribution < -0.4 is 9.47 Å². The minimum atomic E-state index is -1.34. The second kappa shape index (κ2) is 17.6. The molecule has 1 aliphatic heterocycles. The number of likely N-dealkylation sites (N-methyl/N-ethyl adjacent to an activating group) is 1. The van der Waals surface area contributed by atoms with Crippen LogP contribution in [0.2, 0.25) is 0 Å². The summed E-state index contributed by atoms with van der Waals surface area (Å²) in [6.07, 6.45) is 8.62. The minimum Gasteiger partial charge on any atom is -0.459 e. The molecule has 1 heterocycles. The van der Waals surface area contributed by atoms with E-state index in [4.69, 9.17) is 28.9 Å². The van der Waals surface area contributed by atoms with Crippen LogP contribution >= 0.6 is 0 Å². The lowest BCUT2D eigenvalue weighted by atomic mass is 9.55. The van der Waals surface area contributed by atoms with Crippen molar-refractivity contribution in [2.24, 2.45) is 22.9 Å². The van der Waals surface area contributed by atoms with Gasteiger partial charge in [-0.05, 0) is 112 Å². The summed E-state index contributed by atoms with van der Waals surface area (Å²) in [5.74, 6) is 0.368. The summed E-state index contributed by atoms with van der Waals surface area (Å²) in [7, 11) is 1.73. The highest BCUT2D eigenvalue weighted by Gasteiger charge is 2.65. The average Bonchev–Trinajstić information content (AvgIpc) is 3.17. The SMILES string of the molecule is C=CCO[C@@]12Oc3ccc(Oc4ccc5ccccc5c4)cc3[C@H]3[C@H](CCCCO)[C@@H](CCCCO)C=C(C(=NOC(C)(C)C)C[C@@H]1N(C)C(=O)OCC)[C@H]32. The number of benzene rings is 3. The Morgan fingerprint density at radius 2 is 1.71 bits per heavy atom. The number of hydrogen-bond acceptors (Lipinski definition) is 9. The van der Waals surface area contributed by atoms with Crippen molar-refractivity contribution in [2.75, 3.05) is 33.5 Å². The fourth-order valence-corrected chi connectivity index (χ4v) is 8.70. The van der Waals surface area contributed by atoms with E-state index in [1.807, 2.05) is 57.2 Å². The third-order valence-corrected chi connectivity index (χ3v) is 11.1. The van der Waals surface area contributed by atoms with Crippen LogP contribution in [-0.2, 0) is 14.3 Å². The molecule has 0 spiro atoms. The molecule has 3 aromatic carbocycles. The van der Waals surface area contributed by atoms with E-state index in [2.05, 4.69) is 36.9 Å². The van der Waals surface area contributed by atoms with Crippen molar-refractivity contribution in [3.05, 3.63) is 90.5 Å². The number of oxime groups is 1. The fourth-order valence-electron chi connectivity index (χ4n) is 8.70. The van der Waals surface area contributed by atoms with Crippen LogP contribution in [0.4, 0.5) is 4.79 Å². The van der Waals surface area contributed by atoms with Crippen molar-refractivity contribution in [3.8, 4) is 17.2 Å². The number of amides is 1. The van der Waals surface area contributed by atoms with Gasteiger partial charge in [0.05, 0.1) is 24.8 Å². The highest BCUT2D eigenvalue weighted by Crippen LogP contribution is 2.62. The predicted molar refractivity (Wildman–Crippen MR) is 215 cm³/mol. The van der Waals surface area contributed by atoms with Crippen molar-refractivity contribution < 1.29 is 38.8 Å². The normalized spacial score (nSPS) is 25.0. The molecule has 0 bridgehead atoms. The molecule has 2 N–H and O–H groups in total. The van der Waals surface area contributed by atoms with Crippen molar-refractivity contribution in [1.82, 2.24) is 4.90 Å². The first-order valence-corrected chi connectivity index (χ1v) is 19.9. The summed E-state index contributed by atoms with van der Waals surface area (Å²) in [4.78, 5) is 21.3. The minimum absolute atomic E-state index is 0.0979. The molecule has 0 aromatic heterocycles. The number of ether oxygens (including phenoxy) is 4. The van der Waals surface area contributed by atoms with Crippen LogP contribution in [0.3, 0.4) is 0 Å². The second-order valence-electron chi connectivity index (χ2n) is 15.9. The zero-order chi connectivity index (χ0) is 39.2. The zero-order valence-electron chi connectivity index (χ0n) is 33.0. The van der Waals surface area contributed by atoms with Gasteiger partial charge in [-0.25, -0.2) is 4.79 Å². The maximum Gasteiger partial charge on any atom is 0.409 e. The van der Waals surface area contributed by atoms with Gasteiger partial charge in [-0.1, -0.05) is 60.5 Å². The number of nitrogens with zero attached hydrogens (tertiary/aromatic N) is 2. The molecule has 3 aromatic rings.